The van der Waals surface area contributed by atoms with E-state index in [1.807, 2.05) is 46.1 Å². The van der Waals surface area contributed by atoms with Gasteiger partial charge in [-0.25, -0.2) is 14.6 Å². The summed E-state index contributed by atoms with van der Waals surface area (Å²) >= 11 is 0. The number of fused-ring (bicyclic) bond motifs is 3. The van der Waals surface area contributed by atoms with Crippen LogP contribution in [-0.2, 0) is 30.3 Å². The lowest BCUT2D eigenvalue weighted by Crippen LogP contribution is -2.57. The normalized spacial score (nSPS) is 26.5. The summed E-state index contributed by atoms with van der Waals surface area (Å²) in [5.74, 6) is -1.28. The van der Waals surface area contributed by atoms with E-state index in [1.54, 1.807) is 17.9 Å². The highest BCUT2D eigenvalue weighted by atomic mass is 16.5. The number of carbonyl (C=O) groups is 4. The molecule has 2 fully saturated rings. The fourth-order valence-corrected chi connectivity index (χ4v) is 6.31. The van der Waals surface area contributed by atoms with E-state index in [0.717, 1.165) is 30.2 Å². The maximum atomic E-state index is 14.2. The average Bonchev–Trinajstić information content (AvgIpc) is 3.59. The minimum absolute atomic E-state index is 0.0522. The summed E-state index contributed by atoms with van der Waals surface area (Å²) in [6, 6.07) is 4.06. The second-order valence-electron chi connectivity index (χ2n) is 13.1. The molecule has 13 nitrogen and oxygen atoms in total. The van der Waals surface area contributed by atoms with Crippen LogP contribution in [0.4, 0.5) is 10.7 Å². The number of esters is 1. The predicted molar refractivity (Wildman–Crippen MR) is 175 cm³/mol. The maximum absolute atomic E-state index is 14.2. The van der Waals surface area contributed by atoms with E-state index >= 15 is 0 Å². The molecule has 5 atom stereocenters. The lowest BCUT2D eigenvalue weighted by Gasteiger charge is -2.31. The molecular formula is C34H46N6O7. The van der Waals surface area contributed by atoms with E-state index in [0.29, 0.717) is 30.2 Å². The topological polar surface area (TPSA) is 152 Å². The minimum atomic E-state index is -1.24. The first kappa shape index (κ1) is 33.9. The average molecular weight is 651 g/mol. The van der Waals surface area contributed by atoms with E-state index in [4.69, 9.17) is 24.2 Å². The van der Waals surface area contributed by atoms with E-state index in [1.165, 1.54) is 4.90 Å². The number of alkyl carbamates (subject to hydrolysis) is 1. The Kier molecular flexibility index (Phi) is 10.2. The molecule has 0 unspecified atom stereocenters. The molecule has 2 N–H and O–H groups in total. The van der Waals surface area contributed by atoms with Crippen molar-refractivity contribution in [3.8, 4) is 5.88 Å². The van der Waals surface area contributed by atoms with Gasteiger partial charge in [0.2, 0.25) is 23.6 Å². The van der Waals surface area contributed by atoms with Gasteiger partial charge in [-0.1, -0.05) is 26.0 Å². The largest absolute Gasteiger partial charge is 0.472 e. The third-order valence-corrected chi connectivity index (χ3v) is 9.07. The van der Waals surface area contributed by atoms with Crippen molar-refractivity contribution in [1.82, 2.24) is 25.5 Å². The molecule has 3 heterocycles. The number of hydrogen-bond donors (Lipinski definition) is 2. The molecule has 2 aliphatic heterocycles. The Morgan fingerprint density at radius 3 is 2.70 bits per heavy atom. The molecule has 4 bridgehead atoms. The zero-order chi connectivity index (χ0) is 33.9. The van der Waals surface area contributed by atoms with Crippen LogP contribution < -0.4 is 20.3 Å². The Bertz CT molecular complexity index is 1530. The van der Waals surface area contributed by atoms with E-state index < -0.39 is 47.6 Å². The first-order valence-corrected chi connectivity index (χ1v) is 16.5. The lowest BCUT2D eigenvalue weighted by molar-refractivity contribution is -0.150. The van der Waals surface area contributed by atoms with Gasteiger partial charge in [0.15, 0.2) is 0 Å². The summed E-state index contributed by atoms with van der Waals surface area (Å²) in [6.45, 7) is 9.57. The highest BCUT2D eigenvalue weighted by molar-refractivity contribution is 5.96. The van der Waals surface area contributed by atoms with E-state index in [-0.39, 0.29) is 38.0 Å². The molecule has 1 aromatic heterocycles. The zero-order valence-corrected chi connectivity index (χ0v) is 27.9. The Hall–Kier alpha value is -4.42. The first-order valence-electron chi connectivity index (χ1n) is 16.5. The van der Waals surface area contributed by atoms with E-state index in [2.05, 4.69) is 17.2 Å². The molecule has 1 saturated heterocycles. The first-order chi connectivity index (χ1) is 22.5. The molecule has 1 aromatic carbocycles. The summed E-state index contributed by atoms with van der Waals surface area (Å²) in [5.41, 5.74) is 0.566. The van der Waals surface area contributed by atoms with Gasteiger partial charge in [-0.15, -0.1) is 6.58 Å². The summed E-state index contributed by atoms with van der Waals surface area (Å²) in [6.07, 6.45) is 4.03. The Balaban J connectivity index is 1.52. The predicted octanol–water partition coefficient (Wildman–Crippen LogP) is 3.15. The number of anilines is 1. The lowest BCUT2D eigenvalue weighted by atomic mass is 10.0. The molecule has 0 spiro atoms. The standard InChI is InChI=1S/C34H46N6O7/c1-7-22-18-34(22,31(43)45-8-2)38-28(41)26-17-23-19-40(26)30(42)27(20(3)4)36-33(44)46-15-11-9-10-12-21-13-14-25-24(16-21)29(47-23)37-32(35-25)39(5)6/h7,13-14,16,20,22-23,26-27H,1,8-12,15,17-19H2,2-6H3,(H,36,44)(H,38,41)/t22-,23-,26+,27+,34-/m1/s1. The fourth-order valence-electron chi connectivity index (χ4n) is 6.31. The van der Waals surface area contributed by atoms with Crippen LogP contribution in [0.1, 0.15) is 58.4 Å². The van der Waals surface area contributed by atoms with Crippen molar-refractivity contribution < 1.29 is 33.4 Å². The number of cyclic esters (lactones) is 1. The summed E-state index contributed by atoms with van der Waals surface area (Å²) < 4.78 is 17.3. The van der Waals surface area contributed by atoms with Crippen molar-refractivity contribution in [3.63, 3.8) is 0 Å². The highest BCUT2D eigenvalue weighted by Crippen LogP contribution is 2.46. The number of ether oxygens (including phenoxy) is 3. The number of rotatable bonds is 7. The molecular weight excluding hydrogens is 604 g/mol. The molecule has 254 valence electrons. The molecule has 5 rings (SSSR count). The number of aromatic nitrogens is 2. The summed E-state index contributed by atoms with van der Waals surface area (Å²) in [4.78, 5) is 66.6. The third kappa shape index (κ3) is 7.28. The van der Waals surface area contributed by atoms with Gasteiger partial charge in [0.1, 0.15) is 23.7 Å². The number of carbonyl (C=O) groups excluding carboxylic acids is 4. The minimum Gasteiger partial charge on any atom is -0.472 e. The number of aryl methyl sites for hydroxylation is 1. The Morgan fingerprint density at radius 1 is 1.23 bits per heavy atom. The van der Waals surface area contributed by atoms with Crippen molar-refractivity contribution >= 4 is 40.7 Å². The monoisotopic (exact) mass is 650 g/mol. The van der Waals surface area contributed by atoms with Gasteiger partial charge < -0.3 is 34.6 Å². The second-order valence-corrected chi connectivity index (χ2v) is 13.1. The molecule has 0 radical (unpaired) electrons. The van der Waals surface area contributed by atoms with Gasteiger partial charge in [-0.3, -0.25) is 9.59 Å². The molecule has 2 aromatic rings. The van der Waals surface area contributed by atoms with Crippen molar-refractivity contribution in [2.24, 2.45) is 11.8 Å². The zero-order valence-electron chi connectivity index (χ0n) is 27.9. The molecule has 3 aliphatic rings. The van der Waals surface area contributed by atoms with Crippen molar-refractivity contribution in [2.75, 3.05) is 38.8 Å². The smallest absolute Gasteiger partial charge is 0.407 e. The number of nitrogens with zero attached hydrogens (tertiary/aromatic N) is 4. The van der Waals surface area contributed by atoms with Gasteiger partial charge in [-0.2, -0.15) is 4.98 Å². The van der Waals surface area contributed by atoms with Crippen LogP contribution in [0.25, 0.3) is 10.9 Å². The summed E-state index contributed by atoms with van der Waals surface area (Å²) in [7, 11) is 3.69. The van der Waals surface area contributed by atoms with Gasteiger partial charge in [0.05, 0.1) is 30.7 Å². The van der Waals surface area contributed by atoms with Gasteiger partial charge in [-0.05, 0) is 62.6 Å². The van der Waals surface area contributed by atoms with Crippen LogP contribution in [0.15, 0.2) is 30.9 Å². The molecule has 47 heavy (non-hydrogen) atoms. The van der Waals surface area contributed by atoms with E-state index in [9.17, 15) is 19.2 Å². The maximum Gasteiger partial charge on any atom is 0.407 e. The van der Waals surface area contributed by atoms with Crippen molar-refractivity contribution in [1.29, 1.82) is 0 Å². The SMILES string of the molecule is C=C[C@@H]1C[C@]1(NC(=O)[C@@H]1C[C@@H]2CN1C(=O)[C@H](C(C)C)NC(=O)OCCCCCc1ccc3nc(N(C)C)nc(c3c1)O2)C(=O)OCC. The molecule has 1 aliphatic carbocycles. The molecule has 3 amide bonds. The number of nitrogens with one attached hydrogen (secondary N) is 2. The second kappa shape index (κ2) is 14.1. The van der Waals surface area contributed by atoms with Crippen LogP contribution in [0, 0.1) is 11.8 Å². The van der Waals surface area contributed by atoms with Crippen LogP contribution in [0.5, 0.6) is 5.88 Å². The third-order valence-electron chi connectivity index (χ3n) is 9.07. The molecule has 1 saturated carbocycles. The van der Waals surface area contributed by atoms with Crippen molar-refractivity contribution in [2.45, 2.75) is 83.0 Å². The fraction of sp³-hybridized carbons (Fsp3) is 0.588. The van der Waals surface area contributed by atoms with Crippen LogP contribution in [0.2, 0.25) is 0 Å². The van der Waals surface area contributed by atoms with Crippen molar-refractivity contribution in [3.05, 3.63) is 36.4 Å². The van der Waals surface area contributed by atoms with Crippen LogP contribution in [0.3, 0.4) is 0 Å². The van der Waals surface area contributed by atoms with Gasteiger partial charge >= 0.3 is 12.1 Å². The highest BCUT2D eigenvalue weighted by Gasteiger charge is 2.62. The van der Waals surface area contributed by atoms with Gasteiger partial charge in [0.25, 0.3) is 0 Å². The van der Waals surface area contributed by atoms with Gasteiger partial charge in [0, 0.05) is 26.4 Å². The quantitative estimate of drug-likeness (QED) is 0.338. The molecule has 13 heteroatoms. The number of hydrogen-bond acceptors (Lipinski definition) is 10. The number of benzene rings is 1. The van der Waals surface area contributed by atoms with Crippen LogP contribution in [-0.4, -0.2) is 96.3 Å². The Labute approximate surface area is 275 Å². The number of amides is 3. The summed E-state index contributed by atoms with van der Waals surface area (Å²) in [5, 5.41) is 6.36. The Morgan fingerprint density at radius 2 is 2.02 bits per heavy atom. The van der Waals surface area contributed by atoms with Crippen LogP contribution >= 0.6 is 0 Å².